The Balaban J connectivity index is 2.52. The van der Waals surface area contributed by atoms with E-state index in [9.17, 15) is 4.79 Å². The quantitative estimate of drug-likeness (QED) is 0.565. The van der Waals surface area contributed by atoms with E-state index in [0.717, 1.165) is 12.8 Å². The van der Waals surface area contributed by atoms with Crippen molar-refractivity contribution < 1.29 is 9.53 Å². The summed E-state index contributed by atoms with van der Waals surface area (Å²) in [7, 11) is 0. The van der Waals surface area contributed by atoms with Crippen LogP contribution in [-0.4, -0.2) is 12.1 Å². The second kappa shape index (κ2) is 3.92. The number of hydrogen-bond donors (Lipinski definition) is 0. The van der Waals surface area contributed by atoms with Crippen LogP contribution >= 0.6 is 0 Å². The van der Waals surface area contributed by atoms with Crippen molar-refractivity contribution in [3.05, 3.63) is 0 Å². The van der Waals surface area contributed by atoms with E-state index in [1.54, 1.807) is 0 Å². The molecule has 0 aromatic heterocycles. The van der Waals surface area contributed by atoms with Crippen LogP contribution in [0.15, 0.2) is 0 Å². The van der Waals surface area contributed by atoms with Crippen molar-refractivity contribution in [2.24, 2.45) is 11.8 Å². The molecule has 0 unspecified atom stereocenters. The van der Waals surface area contributed by atoms with Crippen LogP contribution in [0.1, 0.15) is 40.0 Å². The molecule has 70 valence electrons. The first kappa shape index (κ1) is 9.56. The zero-order valence-electron chi connectivity index (χ0n) is 8.17. The molecule has 2 nitrogen and oxygen atoms in total. The van der Waals surface area contributed by atoms with Crippen LogP contribution in [0.2, 0.25) is 0 Å². The molecule has 0 aromatic rings. The Hall–Kier alpha value is -0.530. The van der Waals surface area contributed by atoms with Crippen molar-refractivity contribution in [2.45, 2.75) is 46.1 Å². The van der Waals surface area contributed by atoms with Gasteiger partial charge in [0.15, 0.2) is 0 Å². The molecule has 1 rings (SSSR count). The second-order valence-electron chi connectivity index (χ2n) is 4.16. The minimum Gasteiger partial charge on any atom is -0.462 e. The number of ether oxygens (including phenoxy) is 1. The fourth-order valence-corrected chi connectivity index (χ4v) is 1.58. The smallest absolute Gasteiger partial charge is 0.306 e. The van der Waals surface area contributed by atoms with Gasteiger partial charge in [-0.15, -0.1) is 0 Å². The SMILES string of the molecule is CC(C)[C@@H]1CC[C@H](C)CC(=O)O1. The highest BCUT2D eigenvalue weighted by Crippen LogP contribution is 2.23. The van der Waals surface area contributed by atoms with E-state index in [-0.39, 0.29) is 12.1 Å². The van der Waals surface area contributed by atoms with Gasteiger partial charge in [0.2, 0.25) is 0 Å². The Morgan fingerprint density at radius 2 is 2.08 bits per heavy atom. The molecule has 0 amide bonds. The maximum absolute atomic E-state index is 11.2. The molecule has 0 aromatic carbocycles. The fourth-order valence-electron chi connectivity index (χ4n) is 1.58. The highest BCUT2D eigenvalue weighted by molar-refractivity contribution is 5.70. The third-order valence-corrected chi connectivity index (χ3v) is 2.49. The Morgan fingerprint density at radius 1 is 1.42 bits per heavy atom. The Morgan fingerprint density at radius 3 is 2.67 bits per heavy atom. The van der Waals surface area contributed by atoms with Gasteiger partial charge in [-0.3, -0.25) is 4.79 Å². The molecular formula is C10H18O2. The first-order valence-electron chi connectivity index (χ1n) is 4.79. The molecule has 0 bridgehead atoms. The number of carbonyl (C=O) groups excluding carboxylic acids is 1. The Kier molecular flexibility index (Phi) is 3.12. The van der Waals surface area contributed by atoms with Crippen LogP contribution in [-0.2, 0) is 9.53 Å². The van der Waals surface area contributed by atoms with Crippen molar-refractivity contribution in [2.75, 3.05) is 0 Å². The Bertz CT molecular complexity index is 163. The lowest BCUT2D eigenvalue weighted by atomic mass is 9.97. The minimum absolute atomic E-state index is 0.0151. The number of cyclic esters (lactones) is 1. The topological polar surface area (TPSA) is 26.3 Å². The third kappa shape index (κ3) is 2.50. The number of carbonyl (C=O) groups is 1. The third-order valence-electron chi connectivity index (χ3n) is 2.49. The van der Waals surface area contributed by atoms with Gasteiger partial charge in [-0.25, -0.2) is 0 Å². The van der Waals surface area contributed by atoms with Gasteiger partial charge in [-0.1, -0.05) is 20.8 Å². The maximum atomic E-state index is 11.2. The first-order valence-corrected chi connectivity index (χ1v) is 4.79. The van der Waals surface area contributed by atoms with E-state index in [2.05, 4.69) is 20.8 Å². The lowest BCUT2D eigenvalue weighted by Crippen LogP contribution is -2.21. The second-order valence-corrected chi connectivity index (χ2v) is 4.16. The van der Waals surface area contributed by atoms with E-state index in [1.165, 1.54) is 0 Å². The molecular weight excluding hydrogens is 152 g/mol. The predicted molar refractivity (Wildman–Crippen MR) is 47.7 cm³/mol. The summed E-state index contributed by atoms with van der Waals surface area (Å²) in [6.45, 7) is 6.33. The summed E-state index contributed by atoms with van der Waals surface area (Å²) in [6, 6.07) is 0. The van der Waals surface area contributed by atoms with Gasteiger partial charge >= 0.3 is 5.97 Å². The zero-order valence-corrected chi connectivity index (χ0v) is 8.17. The van der Waals surface area contributed by atoms with Crippen LogP contribution in [0.4, 0.5) is 0 Å². The average Bonchev–Trinajstić information content (AvgIpc) is 2.11. The molecule has 0 radical (unpaired) electrons. The largest absolute Gasteiger partial charge is 0.462 e. The molecule has 0 spiro atoms. The van der Waals surface area contributed by atoms with Crippen molar-refractivity contribution in [1.82, 2.24) is 0 Å². The summed E-state index contributed by atoms with van der Waals surface area (Å²) in [4.78, 5) is 11.2. The molecule has 2 atom stereocenters. The lowest BCUT2D eigenvalue weighted by Gasteiger charge is -2.18. The predicted octanol–water partition coefficient (Wildman–Crippen LogP) is 2.37. The minimum atomic E-state index is -0.0151. The highest BCUT2D eigenvalue weighted by Gasteiger charge is 2.24. The lowest BCUT2D eigenvalue weighted by molar-refractivity contribution is -0.150. The van der Waals surface area contributed by atoms with Crippen molar-refractivity contribution in [3.8, 4) is 0 Å². The number of hydrogen-bond acceptors (Lipinski definition) is 2. The summed E-state index contributed by atoms with van der Waals surface area (Å²) < 4.78 is 5.30. The molecule has 1 aliphatic heterocycles. The summed E-state index contributed by atoms with van der Waals surface area (Å²) in [5, 5.41) is 0. The molecule has 1 saturated heterocycles. The van der Waals surface area contributed by atoms with E-state index >= 15 is 0 Å². The van der Waals surface area contributed by atoms with E-state index in [1.807, 2.05) is 0 Å². The molecule has 0 N–H and O–H groups in total. The molecule has 1 aliphatic rings. The van der Waals surface area contributed by atoms with E-state index < -0.39 is 0 Å². The summed E-state index contributed by atoms with van der Waals surface area (Å²) >= 11 is 0. The van der Waals surface area contributed by atoms with Crippen LogP contribution in [0, 0.1) is 11.8 Å². The zero-order chi connectivity index (χ0) is 9.14. The van der Waals surface area contributed by atoms with Gasteiger partial charge in [0, 0.05) is 6.42 Å². The molecule has 1 heterocycles. The Labute approximate surface area is 74.3 Å². The van der Waals surface area contributed by atoms with Gasteiger partial charge in [0.05, 0.1) is 0 Å². The van der Waals surface area contributed by atoms with Crippen molar-refractivity contribution in [3.63, 3.8) is 0 Å². The molecule has 12 heavy (non-hydrogen) atoms. The van der Waals surface area contributed by atoms with Crippen molar-refractivity contribution >= 4 is 5.97 Å². The monoisotopic (exact) mass is 170 g/mol. The van der Waals surface area contributed by atoms with E-state index in [0.29, 0.717) is 18.3 Å². The van der Waals surface area contributed by atoms with Crippen molar-refractivity contribution in [1.29, 1.82) is 0 Å². The summed E-state index contributed by atoms with van der Waals surface area (Å²) in [6.07, 6.45) is 2.91. The molecule has 1 fully saturated rings. The van der Waals surface area contributed by atoms with Gasteiger partial charge in [-0.2, -0.15) is 0 Å². The van der Waals surface area contributed by atoms with Gasteiger partial charge in [0.1, 0.15) is 6.10 Å². The highest BCUT2D eigenvalue weighted by atomic mass is 16.5. The number of rotatable bonds is 1. The normalized spacial score (nSPS) is 31.5. The first-order chi connectivity index (χ1) is 5.59. The molecule has 2 heteroatoms. The van der Waals surface area contributed by atoms with Crippen LogP contribution in [0.25, 0.3) is 0 Å². The fraction of sp³-hybridized carbons (Fsp3) is 0.900. The van der Waals surface area contributed by atoms with Crippen LogP contribution in [0.5, 0.6) is 0 Å². The maximum Gasteiger partial charge on any atom is 0.306 e. The standard InChI is InChI=1S/C10H18O2/c1-7(2)9-5-4-8(3)6-10(11)12-9/h7-9H,4-6H2,1-3H3/t8-,9-/m0/s1. The van der Waals surface area contributed by atoms with Crippen LogP contribution < -0.4 is 0 Å². The van der Waals surface area contributed by atoms with E-state index in [4.69, 9.17) is 4.74 Å². The molecule has 0 saturated carbocycles. The van der Waals surface area contributed by atoms with Gasteiger partial charge in [-0.05, 0) is 24.7 Å². The van der Waals surface area contributed by atoms with Gasteiger partial charge < -0.3 is 4.74 Å². The summed E-state index contributed by atoms with van der Waals surface area (Å²) in [5.41, 5.74) is 0. The van der Waals surface area contributed by atoms with Gasteiger partial charge in [0.25, 0.3) is 0 Å². The number of esters is 1. The summed E-state index contributed by atoms with van der Waals surface area (Å²) in [5.74, 6) is 0.944. The molecule has 0 aliphatic carbocycles. The van der Waals surface area contributed by atoms with Crippen LogP contribution in [0.3, 0.4) is 0 Å². The average molecular weight is 170 g/mol.